The molecule has 1 saturated carbocycles. The highest BCUT2D eigenvalue weighted by molar-refractivity contribution is 8.00. The molecule has 1 aliphatic rings. The van der Waals surface area contributed by atoms with Crippen molar-refractivity contribution in [1.29, 1.82) is 0 Å². The van der Waals surface area contributed by atoms with Gasteiger partial charge >= 0.3 is 0 Å². The highest BCUT2D eigenvalue weighted by Gasteiger charge is 2.19. The first-order valence-electron chi connectivity index (χ1n) is 9.25. The molecule has 3 rings (SSSR count). The molecule has 7 heteroatoms. The van der Waals surface area contributed by atoms with Crippen molar-refractivity contribution < 1.29 is 18.0 Å². The van der Waals surface area contributed by atoms with Gasteiger partial charge in [0.05, 0.1) is 5.02 Å². The lowest BCUT2D eigenvalue weighted by atomic mass is 10.0. The quantitative estimate of drug-likeness (QED) is 0.417. The summed E-state index contributed by atoms with van der Waals surface area (Å²) in [4.78, 5) is 13.3. The monoisotopic (exact) mass is 427 g/mol. The fraction of sp³-hybridized carbons (Fsp3) is 0.381. The van der Waals surface area contributed by atoms with Gasteiger partial charge in [-0.05, 0) is 43.4 Å². The third kappa shape index (κ3) is 5.23. The van der Waals surface area contributed by atoms with Crippen molar-refractivity contribution in [3.63, 3.8) is 0 Å². The molecule has 0 heterocycles. The summed E-state index contributed by atoms with van der Waals surface area (Å²) in [5.41, 5.74) is 0.169. The number of halogens is 4. The van der Waals surface area contributed by atoms with Crippen LogP contribution in [-0.2, 0) is 0 Å². The van der Waals surface area contributed by atoms with Gasteiger partial charge in [0, 0.05) is 33.5 Å². The van der Waals surface area contributed by atoms with Crippen molar-refractivity contribution in [2.75, 3.05) is 5.32 Å². The summed E-state index contributed by atoms with van der Waals surface area (Å²) in [6.07, 6.45) is 5.80. The number of carbonyl (C=O) groups excluding carboxylic acids is 1. The number of anilines is 1. The Labute approximate surface area is 171 Å². The fourth-order valence-corrected chi connectivity index (χ4v) is 4.84. The molecule has 28 heavy (non-hydrogen) atoms. The van der Waals surface area contributed by atoms with Crippen LogP contribution in [0.3, 0.4) is 0 Å². The summed E-state index contributed by atoms with van der Waals surface area (Å²) in [6, 6.07) is 6.37. The zero-order chi connectivity index (χ0) is 20.3. The van der Waals surface area contributed by atoms with Crippen molar-refractivity contribution in [1.82, 2.24) is 0 Å². The van der Waals surface area contributed by atoms with Crippen LogP contribution in [0.15, 0.2) is 35.2 Å². The van der Waals surface area contributed by atoms with Crippen LogP contribution in [0.1, 0.15) is 49.4 Å². The maximum absolute atomic E-state index is 13.3. The normalized spacial score (nSPS) is 19.9. The van der Waals surface area contributed by atoms with E-state index in [0.29, 0.717) is 15.8 Å². The van der Waals surface area contributed by atoms with Crippen LogP contribution in [0.25, 0.3) is 0 Å². The Kier molecular flexibility index (Phi) is 6.94. The third-order valence-electron chi connectivity index (χ3n) is 4.93. The summed E-state index contributed by atoms with van der Waals surface area (Å²) in [6.45, 7) is 2.27. The van der Waals surface area contributed by atoms with Gasteiger partial charge in [-0.1, -0.05) is 31.4 Å². The molecular weight excluding hydrogens is 407 g/mol. The average Bonchev–Trinajstić information content (AvgIpc) is 2.85. The van der Waals surface area contributed by atoms with Gasteiger partial charge < -0.3 is 5.32 Å². The highest BCUT2D eigenvalue weighted by Crippen LogP contribution is 2.38. The lowest BCUT2D eigenvalue weighted by molar-refractivity contribution is 0.102. The summed E-state index contributed by atoms with van der Waals surface area (Å²) >= 11 is 7.99. The van der Waals surface area contributed by atoms with E-state index in [2.05, 4.69) is 12.2 Å². The molecule has 1 aliphatic carbocycles. The first-order valence-corrected chi connectivity index (χ1v) is 10.5. The zero-order valence-corrected chi connectivity index (χ0v) is 17.0. The van der Waals surface area contributed by atoms with E-state index in [9.17, 15) is 18.0 Å². The smallest absolute Gasteiger partial charge is 0.255 e. The third-order valence-corrected chi connectivity index (χ3v) is 6.77. The van der Waals surface area contributed by atoms with E-state index in [1.807, 2.05) is 0 Å². The van der Waals surface area contributed by atoms with Gasteiger partial charge in [0.15, 0.2) is 17.5 Å². The zero-order valence-electron chi connectivity index (χ0n) is 15.4. The predicted molar refractivity (Wildman–Crippen MR) is 108 cm³/mol. The lowest BCUT2D eigenvalue weighted by Crippen LogP contribution is -2.13. The van der Waals surface area contributed by atoms with Gasteiger partial charge in [-0.15, -0.1) is 11.8 Å². The van der Waals surface area contributed by atoms with E-state index in [4.69, 9.17) is 11.6 Å². The minimum Gasteiger partial charge on any atom is -0.322 e. The number of amides is 1. The van der Waals surface area contributed by atoms with Crippen molar-refractivity contribution in [2.45, 2.75) is 49.2 Å². The van der Waals surface area contributed by atoms with Crippen LogP contribution in [0.2, 0.25) is 5.02 Å². The molecule has 1 N–H and O–H groups in total. The first kappa shape index (κ1) is 21.1. The molecule has 1 fully saturated rings. The molecule has 2 atom stereocenters. The Balaban J connectivity index is 1.74. The second-order valence-electron chi connectivity index (χ2n) is 7.21. The van der Waals surface area contributed by atoms with Crippen LogP contribution in [0.4, 0.5) is 18.9 Å². The number of rotatable bonds is 4. The molecule has 0 aromatic heterocycles. The van der Waals surface area contributed by atoms with E-state index in [-0.39, 0.29) is 5.69 Å². The van der Waals surface area contributed by atoms with Crippen LogP contribution in [0.5, 0.6) is 0 Å². The largest absolute Gasteiger partial charge is 0.322 e. The second kappa shape index (κ2) is 9.23. The molecule has 2 aromatic rings. The van der Waals surface area contributed by atoms with Crippen molar-refractivity contribution >= 4 is 35.0 Å². The summed E-state index contributed by atoms with van der Waals surface area (Å²) < 4.78 is 39.8. The van der Waals surface area contributed by atoms with Gasteiger partial charge in [-0.2, -0.15) is 0 Å². The maximum atomic E-state index is 13.3. The van der Waals surface area contributed by atoms with Crippen LogP contribution >= 0.6 is 23.4 Å². The molecular formula is C21H21ClF3NOS. The molecule has 150 valence electrons. The van der Waals surface area contributed by atoms with Gasteiger partial charge in [0.1, 0.15) is 0 Å². The number of carbonyl (C=O) groups is 1. The van der Waals surface area contributed by atoms with Crippen LogP contribution in [0, 0.1) is 23.4 Å². The van der Waals surface area contributed by atoms with E-state index in [1.165, 1.54) is 19.3 Å². The molecule has 0 radical (unpaired) electrons. The Bertz CT molecular complexity index is 854. The van der Waals surface area contributed by atoms with Gasteiger partial charge in [-0.3, -0.25) is 4.79 Å². The topological polar surface area (TPSA) is 29.1 Å². The Morgan fingerprint density at radius 1 is 1.07 bits per heavy atom. The second-order valence-corrected chi connectivity index (χ2v) is 8.96. The first-order chi connectivity index (χ1) is 13.3. The summed E-state index contributed by atoms with van der Waals surface area (Å²) in [5.74, 6) is -4.09. The fourth-order valence-electron chi connectivity index (χ4n) is 3.32. The molecule has 2 nitrogen and oxygen atoms in total. The Morgan fingerprint density at radius 3 is 2.50 bits per heavy atom. The number of benzene rings is 2. The Hall–Kier alpha value is -1.66. The summed E-state index contributed by atoms with van der Waals surface area (Å²) in [5, 5.41) is 3.41. The van der Waals surface area contributed by atoms with Gasteiger partial charge in [-0.25, -0.2) is 13.2 Å². The molecule has 2 aromatic carbocycles. The van der Waals surface area contributed by atoms with Crippen molar-refractivity contribution in [3.8, 4) is 0 Å². The number of thioether (sulfide) groups is 1. The average molecular weight is 428 g/mol. The highest BCUT2D eigenvalue weighted by atomic mass is 35.5. The minimum atomic E-state index is -1.57. The molecule has 0 aliphatic heterocycles. The number of nitrogens with one attached hydrogen (secondary N) is 1. The van der Waals surface area contributed by atoms with Crippen LogP contribution in [-0.4, -0.2) is 11.2 Å². The number of hydrogen-bond donors (Lipinski definition) is 1. The predicted octanol–water partition coefficient (Wildman–Crippen LogP) is 7.07. The lowest BCUT2D eigenvalue weighted by Gasteiger charge is -2.15. The summed E-state index contributed by atoms with van der Waals surface area (Å²) in [7, 11) is 0. The SMILES string of the molecule is CC1CCCC(Sc2cc(C(=O)Nc3cc(F)c(F)c(F)c3)ccc2Cl)CC1. The van der Waals surface area contributed by atoms with Gasteiger partial charge in [0.25, 0.3) is 5.91 Å². The molecule has 0 bridgehead atoms. The van der Waals surface area contributed by atoms with E-state index < -0.39 is 23.4 Å². The van der Waals surface area contributed by atoms with E-state index in [1.54, 1.807) is 30.0 Å². The number of hydrogen-bond acceptors (Lipinski definition) is 2. The van der Waals surface area contributed by atoms with Gasteiger partial charge in [0.2, 0.25) is 0 Å². The maximum Gasteiger partial charge on any atom is 0.255 e. The van der Waals surface area contributed by atoms with Crippen molar-refractivity contribution in [3.05, 3.63) is 58.4 Å². The van der Waals surface area contributed by atoms with Crippen molar-refractivity contribution in [2.24, 2.45) is 5.92 Å². The van der Waals surface area contributed by atoms with Crippen LogP contribution < -0.4 is 5.32 Å². The van der Waals surface area contributed by atoms with E-state index in [0.717, 1.165) is 35.8 Å². The minimum absolute atomic E-state index is 0.150. The molecule has 0 saturated heterocycles. The molecule has 0 spiro atoms. The standard InChI is InChI=1S/C21H21ClF3NOS/c1-12-3-2-4-15(7-5-12)28-19-9-13(6-8-16(19)22)21(27)26-14-10-17(23)20(25)18(24)11-14/h6,8-12,15H,2-5,7H2,1H3,(H,26,27). The Morgan fingerprint density at radius 2 is 1.79 bits per heavy atom. The van der Waals surface area contributed by atoms with E-state index >= 15 is 0 Å². The molecule has 1 amide bonds. The molecule has 2 unspecified atom stereocenters.